The van der Waals surface area contributed by atoms with Crippen LogP contribution >= 0.6 is 15.9 Å². The first-order chi connectivity index (χ1) is 9.44. The van der Waals surface area contributed by atoms with Gasteiger partial charge in [-0.05, 0) is 18.2 Å². The summed E-state index contributed by atoms with van der Waals surface area (Å²) in [6, 6.07) is 9.13. The van der Waals surface area contributed by atoms with Gasteiger partial charge in [-0.2, -0.15) is 0 Å². The van der Waals surface area contributed by atoms with Crippen molar-refractivity contribution in [2.75, 3.05) is 6.61 Å². The minimum Gasteiger partial charge on any atom is -0.359 e. The lowest BCUT2D eigenvalue weighted by molar-refractivity contribution is 0.0785. The van der Waals surface area contributed by atoms with Gasteiger partial charge in [-0.1, -0.05) is 47.7 Å². The normalized spacial score (nSPS) is 11.8. The number of rotatable bonds is 6. The van der Waals surface area contributed by atoms with Crippen LogP contribution in [0.1, 0.15) is 0 Å². The van der Waals surface area contributed by atoms with Gasteiger partial charge in [0.05, 0.1) is 0 Å². The number of aromatic nitrogens is 3. The number of halogens is 1. The second-order valence-electron chi connectivity index (χ2n) is 5.97. The first-order valence-corrected chi connectivity index (χ1v) is 11.2. The van der Waals surface area contributed by atoms with Gasteiger partial charge in [-0.3, -0.25) is 0 Å². The van der Waals surface area contributed by atoms with Crippen molar-refractivity contribution in [1.29, 1.82) is 0 Å². The highest BCUT2D eigenvalue weighted by atomic mass is 79.9. The lowest BCUT2D eigenvalue weighted by Gasteiger charge is -2.15. The van der Waals surface area contributed by atoms with E-state index in [4.69, 9.17) is 4.74 Å². The molecule has 0 radical (unpaired) electrons. The molecule has 0 saturated carbocycles. The molecule has 1 heterocycles. The fraction of sp³-hybridized carbons (Fsp3) is 0.429. The minimum atomic E-state index is -1.02. The maximum atomic E-state index is 5.65. The number of hydrogen-bond donors (Lipinski definition) is 0. The summed E-state index contributed by atoms with van der Waals surface area (Å²) in [6.45, 7) is 8.29. The smallest absolute Gasteiger partial charge is 0.181 e. The average Bonchev–Trinajstić information content (AvgIpc) is 2.82. The van der Waals surface area contributed by atoms with Crippen molar-refractivity contribution in [3.63, 3.8) is 0 Å². The van der Waals surface area contributed by atoms with E-state index in [0.29, 0.717) is 6.73 Å². The number of nitrogens with zero attached hydrogens (tertiary/aromatic N) is 3. The van der Waals surface area contributed by atoms with Gasteiger partial charge in [-0.15, -0.1) is 5.10 Å². The molecule has 20 heavy (non-hydrogen) atoms. The molecule has 1 aromatic heterocycles. The van der Waals surface area contributed by atoms with Gasteiger partial charge < -0.3 is 4.74 Å². The Labute approximate surface area is 129 Å². The molecule has 0 aliphatic heterocycles. The zero-order chi connectivity index (χ0) is 14.6. The van der Waals surface area contributed by atoms with E-state index in [2.05, 4.69) is 45.7 Å². The first kappa shape index (κ1) is 15.4. The van der Waals surface area contributed by atoms with Gasteiger partial charge in [0, 0.05) is 24.7 Å². The Morgan fingerprint density at radius 1 is 1.30 bits per heavy atom. The van der Waals surface area contributed by atoms with Gasteiger partial charge in [0.15, 0.2) is 5.82 Å². The summed E-state index contributed by atoms with van der Waals surface area (Å²) in [5, 5.41) is 4.43. The molecule has 0 saturated heterocycles. The predicted molar refractivity (Wildman–Crippen MR) is 87.3 cm³/mol. The molecule has 0 bridgehead atoms. The third-order valence-corrected chi connectivity index (χ3v) is 5.04. The van der Waals surface area contributed by atoms with Crippen LogP contribution in [-0.2, 0) is 11.5 Å². The van der Waals surface area contributed by atoms with Crippen LogP contribution in [-0.4, -0.2) is 29.4 Å². The summed E-state index contributed by atoms with van der Waals surface area (Å²) < 4.78 is 8.42. The Bertz CT molecular complexity index is 566. The van der Waals surface area contributed by atoms with Gasteiger partial charge in [0.25, 0.3) is 0 Å². The largest absolute Gasteiger partial charge is 0.359 e. The molecule has 4 nitrogen and oxygen atoms in total. The lowest BCUT2D eigenvalue weighted by atomic mass is 10.2. The van der Waals surface area contributed by atoms with Crippen molar-refractivity contribution in [2.24, 2.45) is 0 Å². The highest BCUT2D eigenvalue weighted by molar-refractivity contribution is 9.10. The number of hydrogen-bond acceptors (Lipinski definition) is 3. The number of benzene rings is 1. The Kier molecular flexibility index (Phi) is 5.12. The van der Waals surface area contributed by atoms with Crippen molar-refractivity contribution in [3.05, 3.63) is 35.1 Å². The maximum absolute atomic E-state index is 5.65. The predicted octanol–water partition coefficient (Wildman–Crippen LogP) is 4.02. The molecule has 0 N–H and O–H groups in total. The molecular weight excluding hydrogens is 334 g/mol. The first-order valence-electron chi connectivity index (χ1n) is 6.67. The average molecular weight is 354 g/mol. The molecule has 0 aliphatic rings. The van der Waals surface area contributed by atoms with E-state index in [1.165, 1.54) is 6.04 Å². The zero-order valence-corrected chi connectivity index (χ0v) is 14.7. The molecule has 0 atom stereocenters. The quantitative estimate of drug-likeness (QED) is 0.581. The van der Waals surface area contributed by atoms with Crippen LogP contribution in [0, 0.1) is 0 Å². The molecule has 2 rings (SSSR count). The van der Waals surface area contributed by atoms with Gasteiger partial charge >= 0.3 is 0 Å². The van der Waals surface area contributed by atoms with Gasteiger partial charge in [0.2, 0.25) is 0 Å². The molecule has 1 aromatic carbocycles. The topological polar surface area (TPSA) is 39.9 Å². The Morgan fingerprint density at radius 3 is 2.80 bits per heavy atom. The lowest BCUT2D eigenvalue weighted by Crippen LogP contribution is -2.22. The second-order valence-corrected chi connectivity index (χ2v) is 12.5. The molecular formula is C14H20BrN3OSi. The fourth-order valence-corrected chi connectivity index (χ4v) is 2.81. The molecule has 0 amide bonds. The molecule has 0 aliphatic carbocycles. The van der Waals surface area contributed by atoms with Gasteiger partial charge in [0.1, 0.15) is 13.1 Å². The number of ether oxygens (including phenoxy) is 1. The van der Waals surface area contributed by atoms with E-state index >= 15 is 0 Å². The summed E-state index contributed by atoms with van der Waals surface area (Å²) in [6.07, 6.45) is 1.71. The fourth-order valence-electron chi connectivity index (χ4n) is 1.65. The summed E-state index contributed by atoms with van der Waals surface area (Å²) in [5.74, 6) is 0.722. The van der Waals surface area contributed by atoms with Crippen molar-refractivity contribution in [3.8, 4) is 11.4 Å². The maximum Gasteiger partial charge on any atom is 0.181 e. The molecule has 2 aromatic rings. The van der Waals surface area contributed by atoms with Crippen molar-refractivity contribution >= 4 is 24.0 Å². The van der Waals surface area contributed by atoms with Crippen molar-refractivity contribution in [2.45, 2.75) is 32.4 Å². The minimum absolute atomic E-state index is 0.464. The van der Waals surface area contributed by atoms with Crippen LogP contribution in [0.4, 0.5) is 0 Å². The van der Waals surface area contributed by atoms with E-state index in [0.717, 1.165) is 22.5 Å². The Hall–Kier alpha value is -0.983. The monoisotopic (exact) mass is 353 g/mol. The molecule has 6 heteroatoms. The van der Waals surface area contributed by atoms with Crippen LogP contribution in [0.2, 0.25) is 25.7 Å². The second kappa shape index (κ2) is 6.65. The Balaban J connectivity index is 1.90. The van der Waals surface area contributed by atoms with Crippen LogP contribution in [0.5, 0.6) is 0 Å². The van der Waals surface area contributed by atoms with Crippen LogP contribution in [0.25, 0.3) is 11.4 Å². The molecule has 0 unspecified atom stereocenters. The zero-order valence-electron chi connectivity index (χ0n) is 12.1. The standard InChI is InChI=1S/C14H20BrN3OSi/c1-20(2,3)8-7-19-11-18-10-16-14(17-18)12-5-4-6-13(15)9-12/h4-6,9-10H,7-8,11H2,1-3H3. The van der Waals surface area contributed by atoms with Gasteiger partial charge in [-0.25, -0.2) is 9.67 Å². The van der Waals surface area contributed by atoms with E-state index in [9.17, 15) is 0 Å². The molecule has 0 spiro atoms. The summed E-state index contributed by atoms with van der Waals surface area (Å²) in [5.41, 5.74) is 1.00. The SMILES string of the molecule is C[Si](C)(C)CCOCn1cnc(-c2cccc(Br)c2)n1. The van der Waals surface area contributed by atoms with Crippen molar-refractivity contribution < 1.29 is 4.74 Å². The highest BCUT2D eigenvalue weighted by Crippen LogP contribution is 2.19. The summed E-state index contributed by atoms with van der Waals surface area (Å²) in [7, 11) is -1.02. The van der Waals surface area contributed by atoms with E-state index in [1.807, 2.05) is 24.3 Å². The third kappa shape index (κ3) is 4.85. The highest BCUT2D eigenvalue weighted by Gasteiger charge is 2.12. The summed E-state index contributed by atoms with van der Waals surface area (Å²) >= 11 is 3.45. The third-order valence-electron chi connectivity index (χ3n) is 2.84. The summed E-state index contributed by atoms with van der Waals surface area (Å²) in [4.78, 5) is 4.31. The molecule has 108 valence electrons. The van der Waals surface area contributed by atoms with Crippen LogP contribution in [0.3, 0.4) is 0 Å². The van der Waals surface area contributed by atoms with E-state index in [-0.39, 0.29) is 0 Å². The van der Waals surface area contributed by atoms with E-state index < -0.39 is 8.07 Å². The van der Waals surface area contributed by atoms with E-state index in [1.54, 1.807) is 11.0 Å². The van der Waals surface area contributed by atoms with Crippen molar-refractivity contribution in [1.82, 2.24) is 14.8 Å². The Morgan fingerprint density at radius 2 is 2.10 bits per heavy atom. The molecule has 0 fully saturated rings. The van der Waals surface area contributed by atoms with Crippen LogP contribution in [0.15, 0.2) is 35.1 Å². The van der Waals surface area contributed by atoms with Crippen LogP contribution < -0.4 is 0 Å².